The number of hydrogen-bond donors (Lipinski definition) is 4. The molecule has 0 aliphatic carbocycles. The fourth-order valence-corrected chi connectivity index (χ4v) is 3.04. The lowest BCUT2D eigenvalue weighted by molar-refractivity contribution is -0.128. The van der Waals surface area contributed by atoms with Crippen LogP contribution >= 0.6 is 0 Å². The minimum atomic E-state index is -0.155. The number of fused-ring (bicyclic) bond motifs is 1. The van der Waals surface area contributed by atoms with Crippen molar-refractivity contribution in [1.29, 1.82) is 5.41 Å². The van der Waals surface area contributed by atoms with Crippen molar-refractivity contribution in [3.8, 4) is 5.88 Å². The molecule has 1 unspecified atom stereocenters. The van der Waals surface area contributed by atoms with Gasteiger partial charge < -0.3 is 30.7 Å². The van der Waals surface area contributed by atoms with Crippen LogP contribution < -0.4 is 15.4 Å². The highest BCUT2D eigenvalue weighted by molar-refractivity contribution is 5.87. The van der Waals surface area contributed by atoms with Crippen LogP contribution in [-0.2, 0) is 4.79 Å². The third kappa shape index (κ3) is 4.48. The van der Waals surface area contributed by atoms with Crippen LogP contribution in [0, 0.1) is 5.41 Å². The van der Waals surface area contributed by atoms with Crippen LogP contribution in [0.5, 0.6) is 5.88 Å². The van der Waals surface area contributed by atoms with E-state index in [2.05, 4.69) is 32.2 Å². The van der Waals surface area contributed by atoms with Gasteiger partial charge in [-0.25, -0.2) is 0 Å². The van der Waals surface area contributed by atoms with Crippen LogP contribution in [0.3, 0.4) is 0 Å². The van der Waals surface area contributed by atoms with Gasteiger partial charge in [0, 0.05) is 31.7 Å². The van der Waals surface area contributed by atoms with Crippen molar-refractivity contribution in [1.82, 2.24) is 25.2 Å². The van der Waals surface area contributed by atoms with Crippen molar-refractivity contribution in [3.05, 3.63) is 36.8 Å². The van der Waals surface area contributed by atoms with Crippen LogP contribution in [0.15, 0.2) is 36.8 Å². The van der Waals surface area contributed by atoms with Gasteiger partial charge in [0.2, 0.25) is 17.7 Å². The fraction of sp³-hybridized carbons (Fsp3) is 0.368. The molecule has 0 radical (unpaired) electrons. The van der Waals surface area contributed by atoms with Gasteiger partial charge in [0.05, 0.1) is 17.6 Å². The van der Waals surface area contributed by atoms with E-state index < -0.39 is 0 Å². The standard InChI is InChI=1S/C19H25N7O2/c1-3-16(27)26-9-5-6-14(12-26)28-18-15-7-8-22-17(15)24-19(25-18)23-13(10-20)11-21-4-2/h3,7-8,10-11,14,20-21H,1,4-6,9,12H2,2H3,(H2,22,23,24,25)/b13-11+,20-10?. The fourth-order valence-electron chi connectivity index (χ4n) is 3.04. The molecule has 9 nitrogen and oxygen atoms in total. The molecule has 1 aliphatic rings. The van der Waals surface area contributed by atoms with Crippen molar-refractivity contribution in [2.75, 3.05) is 25.0 Å². The molecule has 0 saturated carbocycles. The number of H-pyrrole nitrogens is 1. The predicted molar refractivity (Wildman–Crippen MR) is 108 cm³/mol. The minimum absolute atomic E-state index is 0.0886. The first-order valence-corrected chi connectivity index (χ1v) is 9.28. The Morgan fingerprint density at radius 1 is 1.54 bits per heavy atom. The maximum Gasteiger partial charge on any atom is 0.246 e. The van der Waals surface area contributed by atoms with E-state index in [-0.39, 0.29) is 12.0 Å². The zero-order chi connectivity index (χ0) is 19.9. The van der Waals surface area contributed by atoms with E-state index in [0.717, 1.165) is 24.8 Å². The first kappa shape index (κ1) is 19.4. The minimum Gasteiger partial charge on any atom is -0.472 e. The summed E-state index contributed by atoms with van der Waals surface area (Å²) in [5.74, 6) is 0.682. The highest BCUT2D eigenvalue weighted by atomic mass is 16.5. The smallest absolute Gasteiger partial charge is 0.246 e. The Labute approximate surface area is 163 Å². The topological polar surface area (TPSA) is 119 Å². The van der Waals surface area contributed by atoms with Gasteiger partial charge in [-0.1, -0.05) is 6.58 Å². The van der Waals surface area contributed by atoms with Crippen molar-refractivity contribution in [2.45, 2.75) is 25.9 Å². The molecule has 1 fully saturated rings. The van der Waals surface area contributed by atoms with E-state index in [1.807, 2.05) is 13.0 Å². The van der Waals surface area contributed by atoms with E-state index in [1.54, 1.807) is 17.3 Å². The van der Waals surface area contributed by atoms with E-state index in [0.29, 0.717) is 36.3 Å². The Hall–Kier alpha value is -3.36. The second-order valence-corrected chi connectivity index (χ2v) is 6.39. The molecule has 4 N–H and O–H groups in total. The Morgan fingerprint density at radius 2 is 2.39 bits per heavy atom. The van der Waals surface area contributed by atoms with Crippen LogP contribution in [0.4, 0.5) is 5.95 Å². The maximum atomic E-state index is 11.9. The SMILES string of the molecule is C=CC(=O)N1CCCC(Oc2nc(N/C(C=N)=C/NCC)nc3[nH]ccc23)C1. The summed E-state index contributed by atoms with van der Waals surface area (Å²) in [5, 5.41) is 14.3. The average molecular weight is 383 g/mol. The third-order valence-electron chi connectivity index (χ3n) is 4.40. The first-order chi connectivity index (χ1) is 13.6. The molecule has 28 heavy (non-hydrogen) atoms. The number of aromatic nitrogens is 3. The summed E-state index contributed by atoms with van der Waals surface area (Å²) in [4.78, 5) is 25.6. The van der Waals surface area contributed by atoms with Crippen LogP contribution in [0.25, 0.3) is 11.0 Å². The molecule has 1 amide bonds. The van der Waals surface area contributed by atoms with Gasteiger partial charge in [-0.3, -0.25) is 4.79 Å². The summed E-state index contributed by atoms with van der Waals surface area (Å²) in [6.07, 6.45) is 7.52. The third-order valence-corrected chi connectivity index (χ3v) is 4.40. The number of allylic oxidation sites excluding steroid dienone is 1. The number of amides is 1. The largest absolute Gasteiger partial charge is 0.472 e. The molecule has 0 bridgehead atoms. The number of ether oxygens (including phenoxy) is 1. The molecular formula is C19H25N7O2. The second kappa shape index (κ2) is 9.03. The number of anilines is 1. The summed E-state index contributed by atoms with van der Waals surface area (Å²) < 4.78 is 6.16. The van der Waals surface area contributed by atoms with Gasteiger partial charge in [-0.05, 0) is 31.9 Å². The Balaban J connectivity index is 1.82. The summed E-state index contributed by atoms with van der Waals surface area (Å²) in [7, 11) is 0. The molecule has 148 valence electrons. The zero-order valence-corrected chi connectivity index (χ0v) is 15.9. The molecule has 3 heterocycles. The van der Waals surface area contributed by atoms with Crippen LogP contribution in [0.1, 0.15) is 19.8 Å². The number of nitrogens with zero attached hydrogens (tertiary/aromatic N) is 3. The van der Waals surface area contributed by atoms with Crippen LogP contribution in [0.2, 0.25) is 0 Å². The number of likely N-dealkylation sites (tertiary alicyclic amines) is 1. The van der Waals surface area contributed by atoms with E-state index in [9.17, 15) is 4.79 Å². The monoisotopic (exact) mass is 383 g/mol. The number of carbonyl (C=O) groups is 1. The maximum absolute atomic E-state index is 11.9. The number of nitrogens with one attached hydrogen (secondary N) is 4. The first-order valence-electron chi connectivity index (χ1n) is 9.28. The lowest BCUT2D eigenvalue weighted by Gasteiger charge is -2.32. The molecule has 3 rings (SSSR count). The molecule has 1 aliphatic heterocycles. The Morgan fingerprint density at radius 3 is 3.14 bits per heavy atom. The number of rotatable bonds is 8. The van der Waals surface area contributed by atoms with Gasteiger partial charge in [0.1, 0.15) is 11.8 Å². The van der Waals surface area contributed by atoms with Crippen LogP contribution in [-0.4, -0.2) is 57.7 Å². The summed E-state index contributed by atoms with van der Waals surface area (Å²) >= 11 is 0. The quantitative estimate of drug-likeness (QED) is 0.409. The molecule has 1 saturated heterocycles. The Bertz CT molecular complexity index is 890. The highest BCUT2D eigenvalue weighted by Crippen LogP contribution is 2.26. The van der Waals surface area contributed by atoms with Crippen molar-refractivity contribution in [3.63, 3.8) is 0 Å². The van der Waals surface area contributed by atoms with E-state index in [4.69, 9.17) is 10.1 Å². The number of hydrogen-bond acceptors (Lipinski definition) is 7. The molecule has 9 heteroatoms. The summed E-state index contributed by atoms with van der Waals surface area (Å²) in [6.45, 7) is 7.47. The molecule has 1 atom stereocenters. The molecule has 2 aromatic rings. The summed E-state index contributed by atoms with van der Waals surface area (Å²) in [5.41, 5.74) is 1.16. The molecular weight excluding hydrogens is 358 g/mol. The Kier molecular flexibility index (Phi) is 6.25. The average Bonchev–Trinajstić information content (AvgIpc) is 3.19. The summed E-state index contributed by atoms with van der Waals surface area (Å²) in [6, 6.07) is 1.86. The van der Waals surface area contributed by atoms with E-state index in [1.165, 1.54) is 12.3 Å². The van der Waals surface area contributed by atoms with Gasteiger partial charge >= 0.3 is 0 Å². The molecule has 0 aromatic carbocycles. The highest BCUT2D eigenvalue weighted by Gasteiger charge is 2.25. The van der Waals surface area contributed by atoms with Gasteiger partial charge in [0.15, 0.2) is 0 Å². The number of aromatic amines is 1. The van der Waals surface area contributed by atoms with Crippen molar-refractivity contribution >= 4 is 29.1 Å². The predicted octanol–water partition coefficient (Wildman–Crippen LogP) is 2.03. The number of carbonyl (C=O) groups excluding carboxylic acids is 1. The second-order valence-electron chi connectivity index (χ2n) is 6.39. The van der Waals surface area contributed by atoms with Crippen molar-refractivity contribution in [2.24, 2.45) is 0 Å². The molecule has 2 aromatic heterocycles. The molecule has 0 spiro atoms. The lowest BCUT2D eigenvalue weighted by Crippen LogP contribution is -2.43. The van der Waals surface area contributed by atoms with Gasteiger partial charge in [-0.2, -0.15) is 9.97 Å². The van der Waals surface area contributed by atoms with E-state index >= 15 is 0 Å². The number of piperidine rings is 1. The van der Waals surface area contributed by atoms with Gasteiger partial charge in [0.25, 0.3) is 0 Å². The van der Waals surface area contributed by atoms with Gasteiger partial charge in [-0.15, -0.1) is 0 Å². The lowest BCUT2D eigenvalue weighted by atomic mass is 10.1. The normalized spacial score (nSPS) is 17.2. The van der Waals surface area contributed by atoms with Crippen molar-refractivity contribution < 1.29 is 9.53 Å². The zero-order valence-electron chi connectivity index (χ0n) is 15.9.